The molecule has 6 rings (SSSR count). The van der Waals surface area contributed by atoms with Crippen LogP contribution in [0.3, 0.4) is 0 Å². The van der Waals surface area contributed by atoms with Gasteiger partial charge in [0.2, 0.25) is 0 Å². The van der Waals surface area contributed by atoms with Crippen LogP contribution in [0.1, 0.15) is 35.2 Å². The third-order valence-electron chi connectivity index (χ3n) is 7.03. The van der Waals surface area contributed by atoms with E-state index >= 15 is 0 Å². The van der Waals surface area contributed by atoms with Gasteiger partial charge in [-0.3, -0.25) is 9.36 Å². The molecule has 4 aromatic carbocycles. The molecule has 2 heterocycles. The molecule has 1 atom stereocenters. The van der Waals surface area contributed by atoms with E-state index < -0.39 is 17.8 Å². The van der Waals surface area contributed by atoms with Gasteiger partial charge in [0.1, 0.15) is 24.0 Å². The number of hydrogen-bond acceptors (Lipinski definition) is 6. The second-order valence-electron chi connectivity index (χ2n) is 9.97. The average Bonchev–Trinajstić information content (AvgIpc) is 3.35. The average molecular weight is 609 g/mol. The number of carbonyl (C=O) groups excluding carboxylic acids is 1. The maximum absolute atomic E-state index is 14.0. The molecule has 1 aliphatic rings. The van der Waals surface area contributed by atoms with Gasteiger partial charge in [-0.2, -0.15) is 0 Å². The first kappa shape index (κ1) is 28.9. The molecule has 0 fully saturated rings. The predicted molar refractivity (Wildman–Crippen MR) is 165 cm³/mol. The first-order valence-electron chi connectivity index (χ1n) is 13.9. The van der Waals surface area contributed by atoms with E-state index in [1.807, 2.05) is 42.5 Å². The highest BCUT2D eigenvalue weighted by atomic mass is 32.1. The SMILES string of the molecule is CCOC(=O)C1=C(c2ccccc2)N=c2s/c(=C\c3cccc(OCc4ccc(F)cc4)c3)c(=O)n2[C@H]1c1ccc(F)cc1. The van der Waals surface area contributed by atoms with Crippen molar-refractivity contribution in [1.29, 1.82) is 0 Å². The van der Waals surface area contributed by atoms with E-state index in [0.29, 0.717) is 31.9 Å². The topological polar surface area (TPSA) is 69.9 Å². The molecule has 0 radical (unpaired) electrons. The number of ether oxygens (including phenoxy) is 2. The maximum Gasteiger partial charge on any atom is 0.338 e. The lowest BCUT2D eigenvalue weighted by molar-refractivity contribution is -0.138. The summed E-state index contributed by atoms with van der Waals surface area (Å²) >= 11 is 1.19. The first-order valence-corrected chi connectivity index (χ1v) is 14.7. The number of carbonyl (C=O) groups is 1. The standard InChI is InChI=1S/C35H26F2N2O4S/c1-2-42-34(41)30-31(24-8-4-3-5-9-24)38-35-39(32(30)25-13-17-27(37)18-14-25)33(40)29(44-35)20-23-7-6-10-28(19-23)43-21-22-11-15-26(36)16-12-22/h3-20,32H,2,21H2,1H3/b29-20-/t32-/m0/s1. The quantitative estimate of drug-likeness (QED) is 0.209. The number of fused-ring (bicyclic) bond motifs is 1. The van der Waals surface area contributed by atoms with Crippen LogP contribution in [-0.4, -0.2) is 17.1 Å². The van der Waals surface area contributed by atoms with Crippen molar-refractivity contribution < 1.29 is 23.0 Å². The van der Waals surface area contributed by atoms with E-state index in [-0.39, 0.29) is 30.2 Å². The fourth-order valence-corrected chi connectivity index (χ4v) is 5.99. The fraction of sp³-hybridized carbons (Fsp3) is 0.114. The lowest BCUT2D eigenvalue weighted by Gasteiger charge is -2.25. The highest BCUT2D eigenvalue weighted by Crippen LogP contribution is 2.35. The second-order valence-corrected chi connectivity index (χ2v) is 11.0. The van der Waals surface area contributed by atoms with Gasteiger partial charge in [-0.15, -0.1) is 0 Å². The van der Waals surface area contributed by atoms with Crippen molar-refractivity contribution in [3.63, 3.8) is 0 Å². The van der Waals surface area contributed by atoms with Gasteiger partial charge >= 0.3 is 5.97 Å². The van der Waals surface area contributed by atoms with Gasteiger partial charge in [-0.05, 0) is 66.1 Å². The Morgan fingerprint density at radius 1 is 0.932 bits per heavy atom. The Morgan fingerprint density at radius 2 is 1.64 bits per heavy atom. The normalized spacial score (nSPS) is 14.6. The summed E-state index contributed by atoms with van der Waals surface area (Å²) in [5.74, 6) is -0.780. The minimum absolute atomic E-state index is 0.129. The van der Waals surface area contributed by atoms with E-state index in [0.717, 1.165) is 11.1 Å². The summed E-state index contributed by atoms with van der Waals surface area (Å²) in [5, 5.41) is 0. The van der Waals surface area contributed by atoms with Crippen molar-refractivity contribution in [3.8, 4) is 5.75 Å². The van der Waals surface area contributed by atoms with Crippen molar-refractivity contribution in [2.24, 2.45) is 4.99 Å². The highest BCUT2D eigenvalue weighted by molar-refractivity contribution is 7.07. The molecule has 5 aromatic rings. The van der Waals surface area contributed by atoms with Crippen LogP contribution in [0.2, 0.25) is 0 Å². The third-order valence-corrected chi connectivity index (χ3v) is 8.02. The summed E-state index contributed by atoms with van der Waals surface area (Å²) in [6.07, 6.45) is 1.74. The second kappa shape index (κ2) is 12.6. The van der Waals surface area contributed by atoms with E-state index in [1.165, 1.54) is 40.2 Å². The van der Waals surface area contributed by atoms with Crippen molar-refractivity contribution in [3.05, 3.63) is 162 Å². The van der Waals surface area contributed by atoms with Crippen LogP contribution >= 0.6 is 11.3 Å². The number of rotatable bonds is 8. The van der Waals surface area contributed by atoms with E-state index in [2.05, 4.69) is 0 Å². The largest absolute Gasteiger partial charge is 0.489 e. The van der Waals surface area contributed by atoms with E-state index in [9.17, 15) is 18.4 Å². The Kier molecular flexibility index (Phi) is 8.29. The Labute approximate surface area is 255 Å². The zero-order valence-corrected chi connectivity index (χ0v) is 24.4. The molecule has 0 spiro atoms. The van der Waals surface area contributed by atoms with Crippen LogP contribution in [0.25, 0.3) is 11.8 Å². The molecule has 9 heteroatoms. The Morgan fingerprint density at radius 3 is 2.34 bits per heavy atom. The molecule has 0 saturated heterocycles. The summed E-state index contributed by atoms with van der Waals surface area (Å²) in [6, 6.07) is 27.4. The van der Waals surface area contributed by atoms with Gasteiger partial charge in [0, 0.05) is 5.56 Å². The van der Waals surface area contributed by atoms with Crippen molar-refractivity contribution in [2.45, 2.75) is 19.6 Å². The number of esters is 1. The van der Waals surface area contributed by atoms with Crippen molar-refractivity contribution >= 4 is 29.1 Å². The highest BCUT2D eigenvalue weighted by Gasteiger charge is 2.35. The molecule has 0 saturated carbocycles. The summed E-state index contributed by atoms with van der Waals surface area (Å²) in [7, 11) is 0. The van der Waals surface area contributed by atoms with Gasteiger partial charge < -0.3 is 9.47 Å². The minimum Gasteiger partial charge on any atom is -0.489 e. The zero-order valence-electron chi connectivity index (χ0n) is 23.6. The molecule has 0 bridgehead atoms. The number of benzene rings is 4. The summed E-state index contributed by atoms with van der Waals surface area (Å²) < 4.78 is 40.4. The first-order chi connectivity index (χ1) is 21.4. The lowest BCUT2D eigenvalue weighted by atomic mass is 9.93. The monoisotopic (exact) mass is 608 g/mol. The van der Waals surface area contributed by atoms with Gasteiger partial charge in [0.15, 0.2) is 4.80 Å². The van der Waals surface area contributed by atoms with Gasteiger partial charge in [0.05, 0.1) is 28.5 Å². The molecule has 6 nitrogen and oxygen atoms in total. The molecular weight excluding hydrogens is 582 g/mol. The van der Waals surface area contributed by atoms with Gasteiger partial charge in [0.25, 0.3) is 5.56 Å². The smallest absolute Gasteiger partial charge is 0.338 e. The molecular formula is C35H26F2N2O4S. The van der Waals surface area contributed by atoms with Crippen LogP contribution in [0, 0.1) is 11.6 Å². The summed E-state index contributed by atoms with van der Waals surface area (Å²) in [4.78, 5) is 32.7. The fourth-order valence-electron chi connectivity index (χ4n) is 4.99. The van der Waals surface area contributed by atoms with Crippen LogP contribution in [0.5, 0.6) is 5.75 Å². The maximum atomic E-state index is 14.0. The molecule has 1 aromatic heterocycles. The molecule has 220 valence electrons. The number of hydrogen-bond donors (Lipinski definition) is 0. The predicted octanol–water partition coefficient (Wildman–Crippen LogP) is 5.79. The molecule has 0 N–H and O–H groups in total. The molecule has 0 aliphatic carbocycles. The third kappa shape index (κ3) is 6.00. The number of halogens is 2. The lowest BCUT2D eigenvalue weighted by Crippen LogP contribution is -2.40. The van der Waals surface area contributed by atoms with E-state index in [1.54, 1.807) is 49.4 Å². The van der Waals surface area contributed by atoms with Gasteiger partial charge in [-0.1, -0.05) is 78.1 Å². The van der Waals surface area contributed by atoms with Crippen LogP contribution in [0.4, 0.5) is 8.78 Å². The zero-order chi connectivity index (χ0) is 30.6. The molecule has 0 unspecified atom stereocenters. The Hall–Kier alpha value is -5.15. The molecule has 44 heavy (non-hydrogen) atoms. The molecule has 0 amide bonds. The van der Waals surface area contributed by atoms with Gasteiger partial charge in [-0.25, -0.2) is 18.6 Å². The van der Waals surface area contributed by atoms with Crippen molar-refractivity contribution in [2.75, 3.05) is 6.61 Å². The summed E-state index contributed by atoms with van der Waals surface area (Å²) in [5.41, 5.74) is 3.00. The molecule has 1 aliphatic heterocycles. The van der Waals surface area contributed by atoms with Crippen LogP contribution < -0.4 is 19.6 Å². The van der Waals surface area contributed by atoms with Crippen LogP contribution in [0.15, 0.2) is 118 Å². The van der Waals surface area contributed by atoms with E-state index in [4.69, 9.17) is 14.5 Å². The Bertz CT molecular complexity index is 2030. The number of nitrogens with zero attached hydrogens (tertiary/aromatic N) is 2. The minimum atomic E-state index is -0.895. The summed E-state index contributed by atoms with van der Waals surface area (Å²) in [6.45, 7) is 2.09. The number of thiazole rings is 1. The van der Waals surface area contributed by atoms with Crippen molar-refractivity contribution in [1.82, 2.24) is 4.57 Å². The van der Waals surface area contributed by atoms with Crippen LogP contribution in [-0.2, 0) is 16.1 Å². The number of aromatic nitrogens is 1. The Balaban J connectivity index is 1.47.